The van der Waals surface area contributed by atoms with Crippen LogP contribution in [-0.4, -0.2) is 34.3 Å². The average Bonchev–Trinajstić information content (AvgIpc) is 2.37. The van der Waals surface area contributed by atoms with Crippen molar-refractivity contribution in [2.24, 2.45) is 0 Å². The predicted octanol–water partition coefficient (Wildman–Crippen LogP) is 2.26. The van der Waals surface area contributed by atoms with Gasteiger partial charge in [0.2, 0.25) is 0 Å². The van der Waals surface area contributed by atoms with E-state index in [0.717, 1.165) is 18.7 Å². The van der Waals surface area contributed by atoms with E-state index in [1.54, 1.807) is 6.20 Å². The monoisotopic (exact) mass is 255 g/mol. The molecule has 1 aliphatic rings. The summed E-state index contributed by atoms with van der Waals surface area (Å²) in [7, 11) is 0. The molecule has 1 heterocycles. The molecule has 5 heteroatoms. The van der Waals surface area contributed by atoms with E-state index in [-0.39, 0.29) is 6.61 Å². The molecule has 1 aliphatic carbocycles. The van der Waals surface area contributed by atoms with Gasteiger partial charge < -0.3 is 10.0 Å². The molecule has 2 rings (SSSR count). The van der Waals surface area contributed by atoms with Crippen LogP contribution in [0.5, 0.6) is 0 Å². The van der Waals surface area contributed by atoms with Crippen LogP contribution in [0, 0.1) is 0 Å². The minimum Gasteiger partial charge on any atom is -0.395 e. The summed E-state index contributed by atoms with van der Waals surface area (Å²) in [6, 6.07) is 0.462. The number of aliphatic hydroxyl groups is 1. The normalized spacial score (nSPS) is 17.1. The lowest BCUT2D eigenvalue weighted by Crippen LogP contribution is -2.39. The van der Waals surface area contributed by atoms with E-state index in [2.05, 4.69) is 14.9 Å². The van der Waals surface area contributed by atoms with Gasteiger partial charge in [0.15, 0.2) is 0 Å². The number of nitrogens with zero attached hydrogens (tertiary/aromatic N) is 3. The molecule has 1 fully saturated rings. The van der Waals surface area contributed by atoms with Crippen molar-refractivity contribution in [3.05, 3.63) is 17.5 Å². The van der Waals surface area contributed by atoms with Crippen LogP contribution in [0.15, 0.2) is 12.4 Å². The summed E-state index contributed by atoms with van der Waals surface area (Å²) in [5.41, 5.74) is 0. The van der Waals surface area contributed by atoms with Crippen LogP contribution in [0.3, 0.4) is 0 Å². The summed E-state index contributed by atoms with van der Waals surface area (Å²) in [5, 5.41) is 9.58. The van der Waals surface area contributed by atoms with Crippen LogP contribution < -0.4 is 4.90 Å². The van der Waals surface area contributed by atoms with Gasteiger partial charge in [-0.05, 0) is 12.8 Å². The first-order valence-corrected chi connectivity index (χ1v) is 6.54. The molecular weight excluding hydrogens is 238 g/mol. The zero-order valence-corrected chi connectivity index (χ0v) is 10.6. The molecule has 0 bridgehead atoms. The third-order valence-electron chi connectivity index (χ3n) is 3.24. The fourth-order valence-electron chi connectivity index (χ4n) is 2.46. The molecule has 0 aromatic carbocycles. The molecule has 1 aromatic heterocycles. The van der Waals surface area contributed by atoms with Crippen molar-refractivity contribution in [1.29, 1.82) is 0 Å². The predicted molar refractivity (Wildman–Crippen MR) is 68.3 cm³/mol. The molecular formula is C12H18ClN3O. The Morgan fingerprint density at radius 1 is 1.29 bits per heavy atom. The van der Waals surface area contributed by atoms with E-state index in [1.807, 2.05) is 0 Å². The van der Waals surface area contributed by atoms with Gasteiger partial charge in [-0.2, -0.15) is 0 Å². The van der Waals surface area contributed by atoms with Gasteiger partial charge in [-0.25, -0.2) is 4.98 Å². The van der Waals surface area contributed by atoms with Crippen molar-refractivity contribution >= 4 is 17.4 Å². The summed E-state index contributed by atoms with van der Waals surface area (Å²) < 4.78 is 0. The fraction of sp³-hybridized carbons (Fsp3) is 0.667. The summed E-state index contributed by atoms with van der Waals surface area (Å²) in [4.78, 5) is 10.5. The second-order valence-electron chi connectivity index (χ2n) is 4.41. The Morgan fingerprint density at radius 2 is 2.06 bits per heavy atom. The summed E-state index contributed by atoms with van der Waals surface area (Å²) in [6.45, 7) is 0.727. The maximum absolute atomic E-state index is 9.18. The van der Waals surface area contributed by atoms with Crippen LogP contribution in [0.25, 0.3) is 0 Å². The maximum Gasteiger partial charge on any atom is 0.149 e. The zero-order chi connectivity index (χ0) is 12.1. The van der Waals surface area contributed by atoms with Gasteiger partial charge >= 0.3 is 0 Å². The van der Waals surface area contributed by atoms with Crippen molar-refractivity contribution in [2.45, 2.75) is 38.1 Å². The first kappa shape index (κ1) is 12.6. The van der Waals surface area contributed by atoms with E-state index in [0.29, 0.717) is 17.7 Å². The minimum absolute atomic E-state index is 0.130. The highest BCUT2D eigenvalue weighted by atomic mass is 35.5. The van der Waals surface area contributed by atoms with E-state index in [1.165, 1.54) is 25.5 Å². The molecule has 4 nitrogen and oxygen atoms in total. The summed E-state index contributed by atoms with van der Waals surface area (Å²) >= 11 is 5.87. The second kappa shape index (κ2) is 6.17. The smallest absolute Gasteiger partial charge is 0.149 e. The second-order valence-corrected chi connectivity index (χ2v) is 4.80. The minimum atomic E-state index is 0.130. The zero-order valence-electron chi connectivity index (χ0n) is 9.85. The molecule has 1 N–H and O–H groups in total. The fourth-order valence-corrected chi connectivity index (χ4v) is 2.60. The highest BCUT2D eigenvalue weighted by Gasteiger charge is 2.22. The van der Waals surface area contributed by atoms with Crippen LogP contribution in [0.1, 0.15) is 32.1 Å². The lowest BCUT2D eigenvalue weighted by Gasteiger charge is -2.34. The number of aromatic nitrogens is 2. The van der Waals surface area contributed by atoms with Gasteiger partial charge in [0.1, 0.15) is 11.0 Å². The molecule has 0 atom stereocenters. The van der Waals surface area contributed by atoms with Gasteiger partial charge in [-0.3, -0.25) is 4.98 Å². The highest BCUT2D eigenvalue weighted by molar-refractivity contribution is 6.29. The maximum atomic E-state index is 9.18. The third-order valence-corrected chi connectivity index (χ3v) is 3.43. The van der Waals surface area contributed by atoms with E-state index < -0.39 is 0 Å². The molecule has 94 valence electrons. The molecule has 0 amide bonds. The number of hydrogen-bond donors (Lipinski definition) is 1. The Kier molecular flexibility index (Phi) is 4.57. The Hall–Kier alpha value is -0.870. The third kappa shape index (κ3) is 3.30. The first-order chi connectivity index (χ1) is 8.31. The van der Waals surface area contributed by atoms with Gasteiger partial charge in [0.25, 0.3) is 0 Å². The lowest BCUT2D eigenvalue weighted by molar-refractivity contribution is 0.289. The largest absolute Gasteiger partial charge is 0.395 e. The lowest BCUT2D eigenvalue weighted by atomic mass is 9.94. The number of halogens is 1. The molecule has 0 radical (unpaired) electrons. The number of hydrogen-bond acceptors (Lipinski definition) is 4. The van der Waals surface area contributed by atoms with Gasteiger partial charge in [-0.15, -0.1) is 0 Å². The van der Waals surface area contributed by atoms with Crippen LogP contribution >= 0.6 is 11.6 Å². The molecule has 1 aromatic rings. The van der Waals surface area contributed by atoms with Gasteiger partial charge in [0.05, 0.1) is 19.0 Å². The Balaban J connectivity index is 2.15. The number of aliphatic hydroxyl groups excluding tert-OH is 1. The number of anilines is 1. The molecule has 0 aliphatic heterocycles. The van der Waals surface area contributed by atoms with E-state index in [9.17, 15) is 5.11 Å². The van der Waals surface area contributed by atoms with Crippen LogP contribution in [0.2, 0.25) is 5.15 Å². The van der Waals surface area contributed by atoms with Gasteiger partial charge in [0, 0.05) is 12.6 Å². The van der Waals surface area contributed by atoms with Crippen molar-refractivity contribution < 1.29 is 5.11 Å². The number of rotatable bonds is 4. The van der Waals surface area contributed by atoms with Crippen LogP contribution in [0.4, 0.5) is 5.82 Å². The van der Waals surface area contributed by atoms with Crippen molar-refractivity contribution in [2.75, 3.05) is 18.1 Å². The Labute approximate surface area is 107 Å². The highest BCUT2D eigenvalue weighted by Crippen LogP contribution is 2.26. The van der Waals surface area contributed by atoms with Crippen molar-refractivity contribution in [3.8, 4) is 0 Å². The topological polar surface area (TPSA) is 49.2 Å². The van der Waals surface area contributed by atoms with Crippen molar-refractivity contribution in [1.82, 2.24) is 9.97 Å². The molecule has 0 spiro atoms. The Morgan fingerprint density at radius 3 is 2.71 bits per heavy atom. The van der Waals surface area contributed by atoms with Gasteiger partial charge in [-0.1, -0.05) is 30.9 Å². The van der Waals surface area contributed by atoms with Crippen LogP contribution in [-0.2, 0) is 0 Å². The summed E-state index contributed by atoms with van der Waals surface area (Å²) in [5.74, 6) is 0.776. The van der Waals surface area contributed by atoms with E-state index in [4.69, 9.17) is 11.6 Å². The quantitative estimate of drug-likeness (QED) is 0.897. The SMILES string of the molecule is OCCN(c1cncc(Cl)n1)C1CCCCC1. The molecule has 1 saturated carbocycles. The molecule has 0 saturated heterocycles. The molecule has 0 unspecified atom stereocenters. The summed E-state index contributed by atoms with van der Waals surface area (Å²) in [6.07, 6.45) is 9.38. The Bertz CT molecular complexity index is 355. The standard InChI is InChI=1S/C12H18ClN3O/c13-11-8-14-9-12(15-11)16(6-7-17)10-4-2-1-3-5-10/h8-10,17H,1-7H2. The molecule has 17 heavy (non-hydrogen) atoms. The van der Waals surface area contributed by atoms with Crippen molar-refractivity contribution in [3.63, 3.8) is 0 Å². The van der Waals surface area contributed by atoms with E-state index >= 15 is 0 Å². The average molecular weight is 256 g/mol. The first-order valence-electron chi connectivity index (χ1n) is 6.16.